The van der Waals surface area contributed by atoms with Gasteiger partial charge in [0.05, 0.1) is 12.0 Å². The van der Waals surface area contributed by atoms with Gasteiger partial charge in [0.15, 0.2) is 5.13 Å². The van der Waals surface area contributed by atoms with E-state index >= 15 is 0 Å². The summed E-state index contributed by atoms with van der Waals surface area (Å²) in [7, 11) is -2.33. The van der Waals surface area contributed by atoms with Gasteiger partial charge in [-0.15, -0.1) is 11.3 Å². The highest BCUT2D eigenvalue weighted by molar-refractivity contribution is 7.93. The van der Waals surface area contributed by atoms with Crippen LogP contribution < -0.4 is 14.4 Å². The number of carbonyl (C=O) groups is 1. The number of sulfonamides is 1. The molecule has 11 heteroatoms. The molecule has 1 fully saturated rings. The van der Waals surface area contributed by atoms with E-state index in [9.17, 15) is 17.6 Å². The van der Waals surface area contributed by atoms with Crippen LogP contribution in [-0.4, -0.2) is 57.5 Å². The van der Waals surface area contributed by atoms with E-state index in [1.165, 1.54) is 31.4 Å². The van der Waals surface area contributed by atoms with Gasteiger partial charge in [-0.25, -0.2) is 17.8 Å². The molecule has 32 heavy (non-hydrogen) atoms. The average molecular weight is 477 g/mol. The van der Waals surface area contributed by atoms with Crippen molar-refractivity contribution in [1.82, 2.24) is 9.88 Å². The second kappa shape index (κ2) is 9.13. The maximum atomic E-state index is 13.1. The number of hydrogen-bond donors (Lipinski definition) is 1. The monoisotopic (exact) mass is 476 g/mol. The van der Waals surface area contributed by atoms with Gasteiger partial charge in [-0.1, -0.05) is 0 Å². The van der Waals surface area contributed by atoms with Crippen LogP contribution in [0.3, 0.4) is 0 Å². The molecule has 0 radical (unpaired) electrons. The Morgan fingerprint density at radius 3 is 2.34 bits per heavy atom. The molecule has 2 heterocycles. The molecule has 2 aromatic carbocycles. The Kier molecular flexibility index (Phi) is 6.28. The van der Waals surface area contributed by atoms with Gasteiger partial charge in [-0.05, 0) is 48.5 Å². The first kappa shape index (κ1) is 22.0. The lowest BCUT2D eigenvalue weighted by Crippen LogP contribution is -2.48. The SMILES string of the molecule is COc1ccc(S(=O)(=O)Nc2nc(C(=O)N3CCN(c4ccc(F)cc4)CC3)cs2)cc1. The van der Waals surface area contributed by atoms with E-state index < -0.39 is 10.0 Å². The van der Waals surface area contributed by atoms with Crippen molar-refractivity contribution >= 4 is 38.1 Å². The molecule has 3 aromatic rings. The zero-order valence-electron chi connectivity index (χ0n) is 17.2. The Morgan fingerprint density at radius 1 is 1.06 bits per heavy atom. The Morgan fingerprint density at radius 2 is 1.72 bits per heavy atom. The number of nitrogens with zero attached hydrogens (tertiary/aromatic N) is 3. The molecular formula is C21H21FN4O4S2. The number of hydrogen-bond acceptors (Lipinski definition) is 7. The number of methoxy groups -OCH3 is 1. The third-order valence-corrected chi connectivity index (χ3v) is 7.32. The van der Waals surface area contributed by atoms with E-state index in [-0.39, 0.29) is 27.4 Å². The van der Waals surface area contributed by atoms with Gasteiger partial charge in [-0.3, -0.25) is 9.52 Å². The number of carbonyl (C=O) groups excluding carboxylic acids is 1. The van der Waals surface area contributed by atoms with Crippen LogP contribution in [0.25, 0.3) is 0 Å². The van der Waals surface area contributed by atoms with Gasteiger partial charge in [0.2, 0.25) is 0 Å². The summed E-state index contributed by atoms with van der Waals surface area (Å²) in [5.41, 5.74) is 1.10. The molecule has 0 bridgehead atoms. The fraction of sp³-hybridized carbons (Fsp3) is 0.238. The molecule has 0 unspecified atom stereocenters. The van der Waals surface area contributed by atoms with Crippen LogP contribution in [-0.2, 0) is 10.0 Å². The van der Waals surface area contributed by atoms with E-state index in [2.05, 4.69) is 14.6 Å². The van der Waals surface area contributed by atoms with Crippen LogP contribution in [0, 0.1) is 5.82 Å². The zero-order valence-corrected chi connectivity index (χ0v) is 18.8. The Labute approximate surface area is 189 Å². The second-order valence-electron chi connectivity index (χ2n) is 7.07. The Balaban J connectivity index is 1.38. The van der Waals surface area contributed by atoms with Gasteiger partial charge < -0.3 is 14.5 Å². The molecule has 0 atom stereocenters. The highest BCUT2D eigenvalue weighted by atomic mass is 32.2. The van der Waals surface area contributed by atoms with Crippen molar-refractivity contribution in [2.24, 2.45) is 0 Å². The topological polar surface area (TPSA) is 91.8 Å². The fourth-order valence-electron chi connectivity index (χ4n) is 3.33. The van der Waals surface area contributed by atoms with Gasteiger partial charge >= 0.3 is 0 Å². The van der Waals surface area contributed by atoms with Crippen molar-refractivity contribution in [2.75, 3.05) is 42.9 Å². The molecule has 168 valence electrons. The normalized spacial score (nSPS) is 14.3. The van der Waals surface area contributed by atoms with Crippen molar-refractivity contribution in [3.05, 3.63) is 65.4 Å². The maximum Gasteiger partial charge on any atom is 0.273 e. The van der Waals surface area contributed by atoms with Crippen molar-refractivity contribution < 1.29 is 22.3 Å². The summed E-state index contributed by atoms with van der Waals surface area (Å²) in [6.07, 6.45) is 0. The Hall–Kier alpha value is -3.18. The van der Waals surface area contributed by atoms with Gasteiger partial charge in [0, 0.05) is 37.2 Å². The van der Waals surface area contributed by atoms with E-state index in [1.807, 2.05) is 0 Å². The van der Waals surface area contributed by atoms with Crippen molar-refractivity contribution in [2.45, 2.75) is 4.90 Å². The van der Waals surface area contributed by atoms with Crippen molar-refractivity contribution in [3.63, 3.8) is 0 Å². The van der Waals surface area contributed by atoms with Crippen LogP contribution in [0.4, 0.5) is 15.2 Å². The fourth-order valence-corrected chi connectivity index (χ4v) is 5.27. The number of aromatic nitrogens is 1. The number of benzene rings is 2. The van der Waals surface area contributed by atoms with Crippen molar-refractivity contribution in [1.29, 1.82) is 0 Å². The van der Waals surface area contributed by atoms with Crippen molar-refractivity contribution in [3.8, 4) is 5.75 Å². The van der Waals surface area contributed by atoms with Crippen LogP contribution in [0.5, 0.6) is 5.75 Å². The van der Waals surface area contributed by atoms with Crippen LogP contribution in [0.1, 0.15) is 10.5 Å². The zero-order chi connectivity index (χ0) is 22.7. The number of halogens is 1. The number of piperazine rings is 1. The number of amides is 1. The molecule has 8 nitrogen and oxygen atoms in total. The lowest BCUT2D eigenvalue weighted by molar-refractivity contribution is 0.0742. The molecule has 1 saturated heterocycles. The second-order valence-corrected chi connectivity index (χ2v) is 9.62. The van der Waals surface area contributed by atoms with E-state index in [0.29, 0.717) is 31.9 Å². The lowest BCUT2D eigenvalue weighted by atomic mass is 10.2. The van der Waals surface area contributed by atoms with Crippen LogP contribution in [0.2, 0.25) is 0 Å². The number of rotatable bonds is 6. The minimum absolute atomic E-state index is 0.0679. The summed E-state index contributed by atoms with van der Waals surface area (Å²) in [6, 6.07) is 12.2. The standard InChI is InChI=1S/C21H21FN4O4S2/c1-30-17-6-8-18(9-7-17)32(28,29)24-21-23-19(14-31-21)20(27)26-12-10-25(11-13-26)16-4-2-15(22)3-5-16/h2-9,14H,10-13H2,1H3,(H,23,24). The smallest absolute Gasteiger partial charge is 0.273 e. The number of thiazole rings is 1. The third kappa shape index (κ3) is 4.83. The number of anilines is 2. The Bertz CT molecular complexity index is 1190. The number of ether oxygens (including phenoxy) is 1. The number of nitrogens with one attached hydrogen (secondary N) is 1. The predicted molar refractivity (Wildman–Crippen MR) is 120 cm³/mol. The van der Waals surface area contributed by atoms with Crippen LogP contribution >= 0.6 is 11.3 Å². The molecular weight excluding hydrogens is 455 g/mol. The van der Waals surface area contributed by atoms with Gasteiger partial charge in [0.1, 0.15) is 17.3 Å². The third-order valence-electron chi connectivity index (χ3n) is 5.07. The van der Waals surface area contributed by atoms with Crippen LogP contribution in [0.15, 0.2) is 58.8 Å². The quantitative estimate of drug-likeness (QED) is 0.588. The van der Waals surface area contributed by atoms with Gasteiger partial charge in [0.25, 0.3) is 15.9 Å². The molecule has 0 aliphatic carbocycles. The molecule has 1 N–H and O–H groups in total. The molecule has 1 aliphatic rings. The summed E-state index contributed by atoms with van der Waals surface area (Å²) >= 11 is 1.05. The summed E-state index contributed by atoms with van der Waals surface area (Å²) in [5.74, 6) is 0.00465. The molecule has 0 spiro atoms. The minimum atomic E-state index is -3.83. The summed E-state index contributed by atoms with van der Waals surface area (Å²) in [5, 5.41) is 1.66. The maximum absolute atomic E-state index is 13.1. The first-order chi connectivity index (χ1) is 15.4. The summed E-state index contributed by atoms with van der Waals surface area (Å²) < 4.78 is 45.7. The highest BCUT2D eigenvalue weighted by Gasteiger charge is 2.25. The predicted octanol–water partition coefficient (Wildman–Crippen LogP) is 3.05. The minimum Gasteiger partial charge on any atom is -0.497 e. The lowest BCUT2D eigenvalue weighted by Gasteiger charge is -2.35. The summed E-state index contributed by atoms with van der Waals surface area (Å²) in [6.45, 7) is 2.19. The summed E-state index contributed by atoms with van der Waals surface area (Å²) in [4.78, 5) is 20.8. The van der Waals surface area contributed by atoms with E-state index in [4.69, 9.17) is 4.74 Å². The van der Waals surface area contributed by atoms with E-state index in [1.54, 1.807) is 34.5 Å². The molecule has 1 aliphatic heterocycles. The molecule has 1 aromatic heterocycles. The molecule has 1 amide bonds. The highest BCUT2D eigenvalue weighted by Crippen LogP contribution is 2.23. The molecule has 0 saturated carbocycles. The van der Waals surface area contributed by atoms with Gasteiger partial charge in [-0.2, -0.15) is 0 Å². The first-order valence-corrected chi connectivity index (χ1v) is 12.1. The first-order valence-electron chi connectivity index (χ1n) is 9.78. The average Bonchev–Trinajstić information content (AvgIpc) is 3.27. The molecule has 4 rings (SSSR count). The van der Waals surface area contributed by atoms with E-state index in [0.717, 1.165) is 17.0 Å². The largest absolute Gasteiger partial charge is 0.497 e.